The Morgan fingerprint density at radius 2 is 1.76 bits per heavy atom. The third kappa shape index (κ3) is 3.17. The largest absolute Gasteiger partial charge is 0.491 e. The molecule has 1 aliphatic rings. The summed E-state index contributed by atoms with van der Waals surface area (Å²) in [5, 5.41) is 0. The number of rotatable bonds is 3. The lowest BCUT2D eigenvalue weighted by molar-refractivity contribution is 0.00578. The molecule has 3 nitrogen and oxygen atoms in total. The minimum Gasteiger partial charge on any atom is -0.400 e. The standard InChI is InChI=1S/C15H20BF2NO2/c1-14(2)15(3,4)21-16(20-14)11(9-19)7-10-8-12(17)5-6-13(10)18/h5-8H,9,19H2,1-4H3. The van der Waals surface area contributed by atoms with Gasteiger partial charge in [0.25, 0.3) is 0 Å². The van der Waals surface area contributed by atoms with Crippen LogP contribution in [0.4, 0.5) is 8.78 Å². The van der Waals surface area contributed by atoms with Crippen molar-refractivity contribution in [1.29, 1.82) is 0 Å². The average molecular weight is 295 g/mol. The van der Waals surface area contributed by atoms with E-state index in [1.54, 1.807) is 0 Å². The molecule has 0 unspecified atom stereocenters. The van der Waals surface area contributed by atoms with Crippen LogP contribution in [0.2, 0.25) is 0 Å². The third-order valence-corrected chi connectivity index (χ3v) is 4.09. The fourth-order valence-electron chi connectivity index (χ4n) is 2.04. The van der Waals surface area contributed by atoms with E-state index < -0.39 is 30.0 Å². The maximum atomic E-state index is 13.7. The zero-order valence-electron chi connectivity index (χ0n) is 12.7. The lowest BCUT2D eigenvalue weighted by atomic mass is 9.77. The Balaban J connectivity index is 2.33. The van der Waals surface area contributed by atoms with Gasteiger partial charge in [-0.25, -0.2) is 8.78 Å². The summed E-state index contributed by atoms with van der Waals surface area (Å²) in [6, 6.07) is 3.28. The van der Waals surface area contributed by atoms with E-state index in [1.165, 1.54) is 6.08 Å². The van der Waals surface area contributed by atoms with Crippen molar-refractivity contribution in [2.75, 3.05) is 6.54 Å². The number of nitrogens with two attached hydrogens (primary N) is 1. The Morgan fingerprint density at radius 1 is 1.19 bits per heavy atom. The number of hydrogen-bond donors (Lipinski definition) is 1. The summed E-state index contributed by atoms with van der Waals surface area (Å²) >= 11 is 0. The second kappa shape index (κ2) is 5.52. The Labute approximate surface area is 124 Å². The predicted molar refractivity (Wildman–Crippen MR) is 79.5 cm³/mol. The van der Waals surface area contributed by atoms with Gasteiger partial charge in [-0.15, -0.1) is 0 Å². The number of benzene rings is 1. The smallest absolute Gasteiger partial charge is 0.400 e. The molecule has 1 saturated heterocycles. The minimum absolute atomic E-state index is 0.130. The van der Waals surface area contributed by atoms with Crippen LogP contribution < -0.4 is 5.73 Å². The molecule has 0 aromatic heterocycles. The van der Waals surface area contributed by atoms with Gasteiger partial charge in [0.05, 0.1) is 11.2 Å². The zero-order valence-corrected chi connectivity index (χ0v) is 12.7. The van der Waals surface area contributed by atoms with E-state index in [9.17, 15) is 8.78 Å². The van der Waals surface area contributed by atoms with Crippen molar-refractivity contribution in [2.45, 2.75) is 38.9 Å². The molecule has 2 rings (SSSR count). The Kier molecular flexibility index (Phi) is 4.24. The highest BCUT2D eigenvalue weighted by atomic mass is 19.1. The van der Waals surface area contributed by atoms with Crippen LogP contribution in [0.15, 0.2) is 23.7 Å². The van der Waals surface area contributed by atoms with E-state index in [4.69, 9.17) is 15.0 Å². The fourth-order valence-corrected chi connectivity index (χ4v) is 2.04. The van der Waals surface area contributed by atoms with Crippen LogP contribution in [0.5, 0.6) is 0 Å². The van der Waals surface area contributed by atoms with Crippen LogP contribution in [-0.2, 0) is 9.31 Å². The van der Waals surface area contributed by atoms with E-state index in [2.05, 4.69) is 0 Å². The van der Waals surface area contributed by atoms with E-state index in [1.807, 2.05) is 27.7 Å². The molecule has 21 heavy (non-hydrogen) atoms. The third-order valence-electron chi connectivity index (χ3n) is 4.09. The minimum atomic E-state index is -0.664. The molecule has 1 aromatic carbocycles. The second-order valence-electron chi connectivity index (χ2n) is 6.18. The second-order valence-corrected chi connectivity index (χ2v) is 6.18. The van der Waals surface area contributed by atoms with Gasteiger partial charge < -0.3 is 15.0 Å². The molecule has 0 saturated carbocycles. The molecule has 1 fully saturated rings. The molecule has 0 atom stereocenters. The molecule has 1 aliphatic heterocycles. The van der Waals surface area contributed by atoms with Gasteiger partial charge in [0.15, 0.2) is 0 Å². The van der Waals surface area contributed by atoms with Crippen molar-refractivity contribution < 1.29 is 18.1 Å². The van der Waals surface area contributed by atoms with Gasteiger partial charge in [-0.3, -0.25) is 0 Å². The average Bonchev–Trinajstić information content (AvgIpc) is 2.59. The number of hydrogen-bond acceptors (Lipinski definition) is 3. The predicted octanol–water partition coefficient (Wildman–Crippen LogP) is 2.94. The molecule has 0 bridgehead atoms. The highest BCUT2D eigenvalue weighted by Crippen LogP contribution is 2.38. The van der Waals surface area contributed by atoms with Crippen molar-refractivity contribution in [3.05, 3.63) is 40.9 Å². The van der Waals surface area contributed by atoms with Crippen molar-refractivity contribution in [3.8, 4) is 0 Å². The quantitative estimate of drug-likeness (QED) is 0.872. The molecule has 0 aliphatic carbocycles. The Morgan fingerprint density at radius 3 is 2.29 bits per heavy atom. The molecule has 0 spiro atoms. The van der Waals surface area contributed by atoms with Crippen molar-refractivity contribution in [1.82, 2.24) is 0 Å². The van der Waals surface area contributed by atoms with E-state index in [0.29, 0.717) is 5.47 Å². The van der Waals surface area contributed by atoms with E-state index in [0.717, 1.165) is 18.2 Å². The highest BCUT2D eigenvalue weighted by Gasteiger charge is 2.52. The van der Waals surface area contributed by atoms with Gasteiger partial charge >= 0.3 is 7.12 Å². The van der Waals surface area contributed by atoms with Gasteiger partial charge in [0, 0.05) is 12.1 Å². The van der Waals surface area contributed by atoms with E-state index in [-0.39, 0.29) is 12.1 Å². The maximum absolute atomic E-state index is 13.7. The summed E-state index contributed by atoms with van der Waals surface area (Å²) in [6.07, 6.45) is 1.49. The summed E-state index contributed by atoms with van der Waals surface area (Å²) in [5.41, 5.74) is 5.40. The molecule has 1 heterocycles. The van der Waals surface area contributed by atoms with Gasteiger partial charge in [-0.1, -0.05) is 6.08 Å². The molecular weight excluding hydrogens is 275 g/mol. The first-order chi connectivity index (χ1) is 9.66. The molecule has 114 valence electrons. The van der Waals surface area contributed by atoms with Crippen LogP contribution in [0.1, 0.15) is 33.3 Å². The molecule has 1 aromatic rings. The van der Waals surface area contributed by atoms with Crippen LogP contribution in [0.25, 0.3) is 6.08 Å². The molecule has 6 heteroatoms. The zero-order chi connectivity index (χ0) is 15.8. The SMILES string of the molecule is CC1(C)OB(C(=Cc2cc(F)ccc2F)CN)OC1(C)C. The summed E-state index contributed by atoms with van der Waals surface area (Å²) in [5.74, 6) is -1.02. The normalized spacial score (nSPS) is 20.9. The first-order valence-electron chi connectivity index (χ1n) is 6.87. The highest BCUT2D eigenvalue weighted by molar-refractivity contribution is 6.55. The van der Waals surface area contributed by atoms with Crippen molar-refractivity contribution in [2.24, 2.45) is 5.73 Å². The maximum Gasteiger partial charge on any atom is 0.491 e. The molecule has 2 N–H and O–H groups in total. The first kappa shape index (κ1) is 16.1. The Bertz CT molecular complexity index is 557. The molecule has 0 amide bonds. The summed E-state index contributed by atoms with van der Waals surface area (Å²) in [7, 11) is -0.664. The fraction of sp³-hybridized carbons (Fsp3) is 0.467. The van der Waals surface area contributed by atoms with Crippen LogP contribution in [0, 0.1) is 11.6 Å². The van der Waals surface area contributed by atoms with E-state index >= 15 is 0 Å². The Hall–Kier alpha value is -1.24. The summed E-state index contributed by atoms with van der Waals surface area (Å²) in [6.45, 7) is 7.81. The van der Waals surface area contributed by atoms with Crippen LogP contribution >= 0.6 is 0 Å². The van der Waals surface area contributed by atoms with Gasteiger partial charge in [-0.2, -0.15) is 0 Å². The monoisotopic (exact) mass is 295 g/mol. The van der Waals surface area contributed by atoms with Crippen molar-refractivity contribution in [3.63, 3.8) is 0 Å². The van der Waals surface area contributed by atoms with Gasteiger partial charge in [-0.05, 0) is 51.4 Å². The number of halogens is 2. The summed E-state index contributed by atoms with van der Waals surface area (Å²) in [4.78, 5) is 0. The van der Waals surface area contributed by atoms with Gasteiger partial charge in [0.2, 0.25) is 0 Å². The topological polar surface area (TPSA) is 44.5 Å². The van der Waals surface area contributed by atoms with Crippen LogP contribution in [0.3, 0.4) is 0 Å². The van der Waals surface area contributed by atoms with Gasteiger partial charge in [0.1, 0.15) is 11.6 Å². The van der Waals surface area contributed by atoms with Crippen molar-refractivity contribution >= 4 is 13.2 Å². The molecule has 0 radical (unpaired) electrons. The van der Waals surface area contributed by atoms with Crippen LogP contribution in [-0.4, -0.2) is 24.9 Å². The first-order valence-corrected chi connectivity index (χ1v) is 6.87. The molecular formula is C15H20BF2NO2. The lowest BCUT2D eigenvalue weighted by Crippen LogP contribution is -2.41. The lowest BCUT2D eigenvalue weighted by Gasteiger charge is -2.32. The summed E-state index contributed by atoms with van der Waals surface area (Å²) < 4.78 is 38.7.